The molecule has 5 nitrogen and oxygen atoms in total. The standard InChI is InChI=1S/C29H30N2O3/c1-19-7-6-10-23(17-19)27-26-18-25(34-20(2)28(32)30-24-12-13-24)14-11-21(26)15-16-31(27)29(33)22-8-4-3-5-9-22/h3-11,14,17-18,20,24,27H,12-13,15-16H2,1-2H3,(H,30,32). The largest absolute Gasteiger partial charge is 0.481 e. The van der Waals surface area contributed by atoms with Gasteiger partial charge in [-0.15, -0.1) is 0 Å². The highest BCUT2D eigenvalue weighted by Gasteiger charge is 2.33. The zero-order valence-corrected chi connectivity index (χ0v) is 19.7. The minimum absolute atomic E-state index is 0.0151. The Morgan fingerprint density at radius 3 is 2.53 bits per heavy atom. The van der Waals surface area contributed by atoms with Crippen molar-refractivity contribution in [2.45, 2.75) is 51.3 Å². The number of benzene rings is 3. The minimum Gasteiger partial charge on any atom is -0.481 e. The number of hydrogen-bond donors (Lipinski definition) is 1. The van der Waals surface area contributed by atoms with Crippen molar-refractivity contribution in [1.82, 2.24) is 10.2 Å². The van der Waals surface area contributed by atoms with E-state index in [2.05, 4.69) is 36.5 Å². The zero-order chi connectivity index (χ0) is 23.7. The van der Waals surface area contributed by atoms with Gasteiger partial charge in [0.1, 0.15) is 5.75 Å². The van der Waals surface area contributed by atoms with Crippen LogP contribution < -0.4 is 10.1 Å². The number of carbonyl (C=O) groups is 2. The van der Waals surface area contributed by atoms with Crippen LogP contribution >= 0.6 is 0 Å². The van der Waals surface area contributed by atoms with E-state index in [-0.39, 0.29) is 17.9 Å². The van der Waals surface area contributed by atoms with Crippen LogP contribution in [0.2, 0.25) is 0 Å². The summed E-state index contributed by atoms with van der Waals surface area (Å²) in [6, 6.07) is 23.9. The van der Waals surface area contributed by atoms with Crippen LogP contribution in [0.5, 0.6) is 5.75 Å². The van der Waals surface area contributed by atoms with Crippen LogP contribution in [-0.2, 0) is 11.2 Å². The van der Waals surface area contributed by atoms with E-state index in [4.69, 9.17) is 4.74 Å². The smallest absolute Gasteiger partial charge is 0.260 e. The number of hydrogen-bond acceptors (Lipinski definition) is 3. The summed E-state index contributed by atoms with van der Waals surface area (Å²) < 4.78 is 6.04. The van der Waals surface area contributed by atoms with Gasteiger partial charge in [0.2, 0.25) is 0 Å². The topological polar surface area (TPSA) is 58.6 Å². The third kappa shape index (κ3) is 4.69. The number of rotatable bonds is 6. The van der Waals surface area contributed by atoms with Gasteiger partial charge in [-0.2, -0.15) is 0 Å². The van der Waals surface area contributed by atoms with E-state index in [0.29, 0.717) is 23.9 Å². The fraction of sp³-hybridized carbons (Fsp3) is 0.310. The maximum Gasteiger partial charge on any atom is 0.260 e. The second-order valence-electron chi connectivity index (χ2n) is 9.33. The van der Waals surface area contributed by atoms with Gasteiger partial charge in [-0.3, -0.25) is 9.59 Å². The first kappa shape index (κ1) is 22.2. The SMILES string of the molecule is Cc1cccc(C2c3cc(OC(C)C(=O)NC4CC4)ccc3CCN2C(=O)c2ccccc2)c1. The summed E-state index contributed by atoms with van der Waals surface area (Å²) in [7, 11) is 0. The maximum absolute atomic E-state index is 13.6. The van der Waals surface area contributed by atoms with Crippen molar-refractivity contribution in [2.24, 2.45) is 0 Å². The molecule has 0 spiro atoms. The van der Waals surface area contributed by atoms with Crippen LogP contribution in [0.25, 0.3) is 0 Å². The molecule has 3 aromatic carbocycles. The highest BCUT2D eigenvalue weighted by atomic mass is 16.5. The molecule has 34 heavy (non-hydrogen) atoms. The maximum atomic E-state index is 13.6. The summed E-state index contributed by atoms with van der Waals surface area (Å²) in [5, 5.41) is 3.00. The molecule has 0 saturated heterocycles. The molecule has 3 aromatic rings. The number of aryl methyl sites for hydroxylation is 1. The van der Waals surface area contributed by atoms with Gasteiger partial charge in [-0.1, -0.05) is 54.1 Å². The predicted octanol–water partition coefficient (Wildman–Crippen LogP) is 4.83. The molecule has 0 bridgehead atoms. The number of nitrogens with one attached hydrogen (secondary N) is 1. The molecule has 2 aliphatic rings. The van der Waals surface area contributed by atoms with Crippen molar-refractivity contribution in [3.05, 3.63) is 101 Å². The molecule has 1 aliphatic carbocycles. The molecule has 1 N–H and O–H groups in total. The molecule has 174 valence electrons. The van der Waals surface area contributed by atoms with E-state index in [1.807, 2.05) is 53.4 Å². The molecule has 1 heterocycles. The number of fused-ring (bicyclic) bond motifs is 1. The van der Waals surface area contributed by atoms with E-state index in [9.17, 15) is 9.59 Å². The number of nitrogens with zero attached hydrogens (tertiary/aromatic N) is 1. The first-order valence-electron chi connectivity index (χ1n) is 12.0. The molecule has 2 atom stereocenters. The molecule has 2 amide bonds. The fourth-order valence-corrected chi connectivity index (χ4v) is 4.64. The van der Waals surface area contributed by atoms with Crippen LogP contribution in [0.1, 0.15) is 58.4 Å². The lowest BCUT2D eigenvalue weighted by molar-refractivity contribution is -0.127. The van der Waals surface area contributed by atoms with Crippen molar-refractivity contribution in [2.75, 3.05) is 6.54 Å². The van der Waals surface area contributed by atoms with E-state index < -0.39 is 6.10 Å². The summed E-state index contributed by atoms with van der Waals surface area (Å²) in [6.45, 7) is 4.48. The summed E-state index contributed by atoms with van der Waals surface area (Å²) in [4.78, 5) is 28.0. The average Bonchev–Trinajstić information content (AvgIpc) is 3.67. The molecular weight excluding hydrogens is 424 g/mol. The third-order valence-corrected chi connectivity index (χ3v) is 6.59. The van der Waals surface area contributed by atoms with Crippen molar-refractivity contribution in [3.8, 4) is 5.75 Å². The van der Waals surface area contributed by atoms with Crippen LogP contribution in [0.15, 0.2) is 72.8 Å². The monoisotopic (exact) mass is 454 g/mol. The Balaban J connectivity index is 1.49. The van der Waals surface area contributed by atoms with E-state index >= 15 is 0 Å². The summed E-state index contributed by atoms with van der Waals surface area (Å²) in [6.07, 6.45) is 2.28. The van der Waals surface area contributed by atoms with Gasteiger partial charge in [0.15, 0.2) is 6.10 Å². The lowest BCUT2D eigenvalue weighted by atomic mass is 9.87. The van der Waals surface area contributed by atoms with Crippen molar-refractivity contribution < 1.29 is 14.3 Å². The van der Waals surface area contributed by atoms with Gasteiger partial charge in [0, 0.05) is 18.2 Å². The average molecular weight is 455 g/mol. The highest BCUT2D eigenvalue weighted by molar-refractivity contribution is 5.95. The first-order chi connectivity index (χ1) is 16.5. The lowest BCUT2D eigenvalue weighted by Crippen LogP contribution is -2.41. The second-order valence-corrected chi connectivity index (χ2v) is 9.33. The Hall–Kier alpha value is -3.60. The summed E-state index contributed by atoms with van der Waals surface area (Å²) >= 11 is 0. The van der Waals surface area contributed by atoms with Crippen molar-refractivity contribution in [1.29, 1.82) is 0 Å². The predicted molar refractivity (Wildman–Crippen MR) is 132 cm³/mol. The molecule has 0 radical (unpaired) electrons. The summed E-state index contributed by atoms with van der Waals surface area (Å²) in [5.41, 5.74) is 5.15. The number of ether oxygens (including phenoxy) is 1. The van der Waals surface area contributed by atoms with Gasteiger partial charge in [0.05, 0.1) is 6.04 Å². The lowest BCUT2D eigenvalue weighted by Gasteiger charge is -2.38. The Kier molecular flexibility index (Phi) is 6.10. The van der Waals surface area contributed by atoms with Gasteiger partial charge in [0.25, 0.3) is 11.8 Å². The molecule has 2 unspecified atom stereocenters. The molecule has 0 aromatic heterocycles. The van der Waals surface area contributed by atoms with Crippen LogP contribution in [0, 0.1) is 6.92 Å². The van der Waals surface area contributed by atoms with E-state index in [0.717, 1.165) is 36.0 Å². The van der Waals surface area contributed by atoms with E-state index in [1.54, 1.807) is 6.92 Å². The fourth-order valence-electron chi connectivity index (χ4n) is 4.64. The quantitative estimate of drug-likeness (QED) is 0.581. The molecule has 1 fully saturated rings. The number of carbonyl (C=O) groups excluding carboxylic acids is 2. The van der Waals surface area contributed by atoms with Gasteiger partial charge in [-0.05, 0) is 74.1 Å². The molecule has 1 aliphatic heterocycles. The van der Waals surface area contributed by atoms with Crippen molar-refractivity contribution >= 4 is 11.8 Å². The minimum atomic E-state index is -0.582. The third-order valence-electron chi connectivity index (χ3n) is 6.59. The highest BCUT2D eigenvalue weighted by Crippen LogP contribution is 2.38. The Morgan fingerprint density at radius 1 is 1.00 bits per heavy atom. The van der Waals surface area contributed by atoms with Crippen molar-refractivity contribution in [3.63, 3.8) is 0 Å². The molecule has 5 heteroatoms. The first-order valence-corrected chi connectivity index (χ1v) is 12.0. The van der Waals surface area contributed by atoms with Gasteiger partial charge >= 0.3 is 0 Å². The molecule has 1 saturated carbocycles. The van der Waals surface area contributed by atoms with E-state index in [1.165, 1.54) is 5.56 Å². The Bertz CT molecular complexity index is 1200. The Labute approximate surface area is 200 Å². The number of amides is 2. The van der Waals surface area contributed by atoms with Crippen LogP contribution in [0.4, 0.5) is 0 Å². The second kappa shape index (κ2) is 9.34. The van der Waals surface area contributed by atoms with Gasteiger partial charge in [-0.25, -0.2) is 0 Å². The normalized spacial score (nSPS) is 18.1. The van der Waals surface area contributed by atoms with Crippen LogP contribution in [0.3, 0.4) is 0 Å². The molecule has 5 rings (SSSR count). The summed E-state index contributed by atoms with van der Waals surface area (Å²) in [5.74, 6) is 0.571. The van der Waals surface area contributed by atoms with Crippen LogP contribution in [-0.4, -0.2) is 35.4 Å². The zero-order valence-electron chi connectivity index (χ0n) is 19.7. The molecular formula is C29H30N2O3. The van der Waals surface area contributed by atoms with Gasteiger partial charge < -0.3 is 15.0 Å². The Morgan fingerprint density at radius 2 is 1.79 bits per heavy atom.